The second-order valence-corrected chi connectivity index (χ2v) is 21.0. The Morgan fingerprint density at radius 3 is 1.72 bits per heavy atom. The van der Waals surface area contributed by atoms with E-state index in [0.29, 0.717) is 23.0 Å². The number of para-hydroxylation sites is 1. The maximum absolute atomic E-state index is 12.5. The largest absolute Gasteiger partial charge is 0.507 e. The number of fused-ring (bicyclic) bond motifs is 1. The molecule has 2 N–H and O–H groups in total. The number of phenolic OH excluding ortho intramolecular Hbond substituents is 1. The van der Waals surface area contributed by atoms with Gasteiger partial charge in [-0.1, -0.05) is 168 Å². The molecule has 0 aliphatic carbocycles. The van der Waals surface area contributed by atoms with Crippen LogP contribution in [-0.2, 0) is 42.7 Å². The van der Waals surface area contributed by atoms with E-state index < -0.39 is 0 Å². The molecule has 0 bridgehead atoms. The summed E-state index contributed by atoms with van der Waals surface area (Å²) in [7, 11) is 0. The molecule has 0 aliphatic heterocycles. The van der Waals surface area contributed by atoms with Gasteiger partial charge in [-0.3, -0.25) is 4.57 Å². The topological polar surface area (TPSA) is 75.9 Å². The molecule has 0 atom stereocenters. The van der Waals surface area contributed by atoms with Crippen molar-refractivity contribution in [1.29, 1.82) is 0 Å². The average Bonchev–Trinajstić information content (AvgIpc) is 3.62. The van der Waals surface area contributed by atoms with Gasteiger partial charge in [0.15, 0.2) is 0 Å². The van der Waals surface area contributed by atoms with Crippen molar-refractivity contribution in [3.8, 4) is 56.3 Å². The predicted octanol–water partition coefficient (Wildman–Crippen LogP) is 15.1. The van der Waals surface area contributed by atoms with Crippen LogP contribution in [0.2, 0.25) is 0 Å². The molecular formula is C57H61N5OPt. The van der Waals surface area contributed by atoms with E-state index in [4.69, 9.17) is 15.0 Å². The van der Waals surface area contributed by atoms with Crippen LogP contribution in [0.4, 0.5) is 11.6 Å². The van der Waals surface area contributed by atoms with E-state index in [1.807, 2.05) is 30.5 Å². The molecular weight excluding hydrogens is 966 g/mol. The predicted molar refractivity (Wildman–Crippen MR) is 265 cm³/mol. The number of aromatic nitrogens is 4. The second-order valence-electron chi connectivity index (χ2n) is 21.0. The molecule has 0 unspecified atom stereocenters. The summed E-state index contributed by atoms with van der Waals surface area (Å²) in [5.41, 5.74) is 13.0. The first-order valence-electron chi connectivity index (χ1n) is 22.1. The van der Waals surface area contributed by atoms with Crippen molar-refractivity contribution < 1.29 is 26.2 Å². The molecule has 0 fully saturated rings. The zero-order valence-corrected chi connectivity index (χ0v) is 41.6. The fourth-order valence-electron chi connectivity index (χ4n) is 8.19. The first kappa shape index (κ1) is 46.2. The third-order valence-corrected chi connectivity index (χ3v) is 12.0. The summed E-state index contributed by atoms with van der Waals surface area (Å²) in [5, 5.41) is 16.1. The zero-order valence-electron chi connectivity index (χ0n) is 39.3. The van der Waals surface area contributed by atoms with E-state index in [0.717, 1.165) is 66.9 Å². The molecule has 0 spiro atoms. The first-order chi connectivity index (χ1) is 29.7. The van der Waals surface area contributed by atoms with Gasteiger partial charge in [-0.05, 0) is 104 Å². The number of pyridine rings is 2. The van der Waals surface area contributed by atoms with E-state index in [2.05, 4.69) is 202 Å². The summed E-state index contributed by atoms with van der Waals surface area (Å²) in [6.07, 6.45) is 1.83. The summed E-state index contributed by atoms with van der Waals surface area (Å²) in [6, 6.07) is 46.8. The van der Waals surface area contributed by atoms with Crippen LogP contribution < -0.4 is 5.32 Å². The normalized spacial score (nSPS) is 12.3. The van der Waals surface area contributed by atoms with Gasteiger partial charge in [0.1, 0.15) is 23.2 Å². The Morgan fingerprint density at radius 2 is 1.09 bits per heavy atom. The zero-order chi connectivity index (χ0) is 45.1. The monoisotopic (exact) mass is 1030 g/mol. The molecule has 7 heteroatoms. The summed E-state index contributed by atoms with van der Waals surface area (Å²) in [6.45, 7) is 26.6. The van der Waals surface area contributed by atoms with Crippen LogP contribution >= 0.6 is 0 Å². The Hall–Kier alpha value is -5.84. The van der Waals surface area contributed by atoms with Gasteiger partial charge in [-0.2, -0.15) is 0 Å². The van der Waals surface area contributed by atoms with Crippen LogP contribution in [0.5, 0.6) is 5.75 Å². The number of nitrogens with zero attached hydrogens (tertiary/aromatic N) is 4. The summed E-state index contributed by atoms with van der Waals surface area (Å²) in [5.74, 6) is 2.31. The smallest absolute Gasteiger partial charge is 0.149 e. The van der Waals surface area contributed by atoms with Gasteiger partial charge in [-0.25, -0.2) is 15.0 Å². The van der Waals surface area contributed by atoms with Gasteiger partial charge in [0.05, 0.1) is 28.0 Å². The SMILES string of the molecule is CC(C)(C)c1cc(Nc2cc(-c3ccccc3)ccn2)nc(-c2cccc3c2nc(-c2cc(C(C)(C)C)cc(C(C)(C)C)c2O)n3-c2ccc(C(C)(C)C)cc2-c2ccccc2)c1.[Pt]. The van der Waals surface area contributed by atoms with Crippen molar-refractivity contribution in [2.45, 2.75) is 105 Å². The number of benzene rings is 5. The van der Waals surface area contributed by atoms with Crippen molar-refractivity contribution in [1.82, 2.24) is 19.5 Å². The van der Waals surface area contributed by atoms with Crippen LogP contribution in [0.15, 0.2) is 140 Å². The summed E-state index contributed by atoms with van der Waals surface area (Å²) in [4.78, 5) is 15.7. The van der Waals surface area contributed by atoms with Crippen LogP contribution in [-0.4, -0.2) is 24.6 Å². The van der Waals surface area contributed by atoms with E-state index in [1.54, 1.807) is 0 Å². The minimum absolute atomic E-state index is 0. The second kappa shape index (κ2) is 17.3. The van der Waals surface area contributed by atoms with Gasteiger partial charge < -0.3 is 10.4 Å². The van der Waals surface area contributed by atoms with Crippen molar-refractivity contribution in [3.05, 3.63) is 162 Å². The van der Waals surface area contributed by atoms with Crippen molar-refractivity contribution in [2.75, 3.05) is 5.32 Å². The number of anilines is 2. The van der Waals surface area contributed by atoms with Gasteiger partial charge >= 0.3 is 0 Å². The number of imidazole rings is 1. The molecule has 8 rings (SSSR count). The third-order valence-electron chi connectivity index (χ3n) is 12.0. The Labute approximate surface area is 394 Å². The molecule has 5 aromatic carbocycles. The minimum Gasteiger partial charge on any atom is -0.507 e. The van der Waals surface area contributed by atoms with Crippen molar-refractivity contribution in [3.63, 3.8) is 0 Å². The van der Waals surface area contributed by atoms with E-state index >= 15 is 0 Å². The number of hydrogen-bond acceptors (Lipinski definition) is 5. The summed E-state index contributed by atoms with van der Waals surface area (Å²) < 4.78 is 2.26. The van der Waals surface area contributed by atoms with Gasteiger partial charge in [0.25, 0.3) is 0 Å². The molecule has 6 nitrogen and oxygen atoms in total. The van der Waals surface area contributed by atoms with Gasteiger partial charge in [-0.15, -0.1) is 0 Å². The summed E-state index contributed by atoms with van der Waals surface area (Å²) >= 11 is 0. The van der Waals surface area contributed by atoms with Crippen molar-refractivity contribution in [2.24, 2.45) is 0 Å². The molecule has 0 saturated carbocycles. The van der Waals surface area contributed by atoms with Crippen LogP contribution in [0.3, 0.4) is 0 Å². The molecule has 3 heterocycles. The van der Waals surface area contributed by atoms with E-state index in [1.165, 1.54) is 5.56 Å². The molecule has 64 heavy (non-hydrogen) atoms. The molecule has 0 radical (unpaired) electrons. The Morgan fingerprint density at radius 1 is 0.484 bits per heavy atom. The third kappa shape index (κ3) is 9.35. The van der Waals surface area contributed by atoms with Crippen LogP contribution in [0.25, 0.3) is 61.6 Å². The number of nitrogens with one attached hydrogen (secondary N) is 1. The van der Waals surface area contributed by atoms with Crippen LogP contribution in [0.1, 0.15) is 105 Å². The quantitative estimate of drug-likeness (QED) is 0.166. The molecule has 0 amide bonds. The van der Waals surface area contributed by atoms with Gasteiger partial charge in [0, 0.05) is 44.0 Å². The van der Waals surface area contributed by atoms with E-state index in [-0.39, 0.29) is 48.5 Å². The number of rotatable bonds is 7. The standard InChI is InChI=1S/C57H61N5O.Pt/c1-54(2,3)39-26-27-47(43(31-39)37-22-17-14-18-23-37)62-48-25-19-24-42(51(48)61-53(62)44-32-40(55(4,5)6)33-45(52(44)63)57(10,11)12)46-34-41(56(7,8)9)35-50(59-46)60-49-30-38(28-29-58-49)36-20-15-13-16-21-36;/h13-35,63H,1-12H3,(H,58,59,60);. The fraction of sp³-hybridized carbons (Fsp3) is 0.281. The van der Waals surface area contributed by atoms with Gasteiger partial charge in [0.2, 0.25) is 0 Å². The Bertz CT molecular complexity index is 2960. The molecule has 330 valence electrons. The Balaban J connectivity index is 0.00000612. The van der Waals surface area contributed by atoms with E-state index in [9.17, 15) is 5.11 Å². The first-order valence-corrected chi connectivity index (χ1v) is 22.1. The molecule has 3 aromatic heterocycles. The maximum Gasteiger partial charge on any atom is 0.149 e. The fourth-order valence-corrected chi connectivity index (χ4v) is 8.19. The molecule has 0 aliphatic rings. The molecule has 8 aromatic rings. The Kier molecular flexibility index (Phi) is 12.5. The number of hydrogen-bond donors (Lipinski definition) is 2. The number of phenols is 1. The maximum atomic E-state index is 12.5. The number of aromatic hydroxyl groups is 1. The average molecular weight is 1030 g/mol. The van der Waals surface area contributed by atoms with Crippen molar-refractivity contribution >= 4 is 22.7 Å². The molecule has 0 saturated heterocycles. The minimum atomic E-state index is -0.332. The van der Waals surface area contributed by atoms with Crippen LogP contribution in [0, 0.1) is 0 Å².